The third kappa shape index (κ3) is 3.22. The molecule has 0 spiro atoms. The topological polar surface area (TPSA) is 80.5 Å². The minimum atomic E-state index is 0.159. The lowest BCUT2D eigenvalue weighted by molar-refractivity contribution is -0.133. The van der Waals surface area contributed by atoms with Crippen LogP contribution in [0.3, 0.4) is 0 Å². The summed E-state index contributed by atoms with van der Waals surface area (Å²) in [7, 11) is 1.62. The van der Waals surface area contributed by atoms with Crippen molar-refractivity contribution in [2.45, 2.75) is 25.3 Å². The summed E-state index contributed by atoms with van der Waals surface area (Å²) in [5.74, 6) is 0.877. The number of benzene rings is 1. The molecule has 3 heterocycles. The van der Waals surface area contributed by atoms with Crippen molar-refractivity contribution in [2.75, 3.05) is 32.1 Å². The largest absolute Gasteiger partial charge is 0.450 e. The first-order valence-corrected chi connectivity index (χ1v) is 8.92. The van der Waals surface area contributed by atoms with E-state index in [2.05, 4.69) is 15.3 Å². The molecule has 0 atom stereocenters. The van der Waals surface area contributed by atoms with E-state index in [1.807, 2.05) is 29.2 Å². The first kappa shape index (κ1) is 16.8. The Labute approximate surface area is 151 Å². The number of hydrogen-bond donors (Lipinski definition) is 1. The molecule has 1 aliphatic heterocycles. The summed E-state index contributed by atoms with van der Waals surface area (Å²) in [5, 5.41) is 4.47. The number of nitrogens with one attached hydrogen (secondary N) is 1. The monoisotopic (exact) mass is 354 g/mol. The van der Waals surface area contributed by atoms with Crippen molar-refractivity contribution in [3.05, 3.63) is 30.6 Å². The lowest BCUT2D eigenvalue weighted by atomic mass is 10.0. The second kappa shape index (κ2) is 7.29. The number of rotatable bonds is 5. The van der Waals surface area contributed by atoms with E-state index in [1.165, 1.54) is 0 Å². The second-order valence-corrected chi connectivity index (χ2v) is 6.54. The molecule has 1 saturated heterocycles. The van der Waals surface area contributed by atoms with Gasteiger partial charge in [-0.1, -0.05) is 12.1 Å². The van der Waals surface area contributed by atoms with E-state index in [-0.39, 0.29) is 11.9 Å². The van der Waals surface area contributed by atoms with Crippen LogP contribution in [0.5, 0.6) is 0 Å². The Bertz CT molecular complexity index is 915. The molecule has 0 saturated carbocycles. The van der Waals surface area contributed by atoms with E-state index in [9.17, 15) is 4.79 Å². The van der Waals surface area contributed by atoms with Gasteiger partial charge in [0.1, 0.15) is 17.4 Å². The Morgan fingerprint density at radius 3 is 2.92 bits per heavy atom. The number of carbonyl (C=O) groups excluding carboxylic acids is 1. The van der Waals surface area contributed by atoms with Gasteiger partial charge >= 0.3 is 0 Å². The third-order valence-corrected chi connectivity index (χ3v) is 4.87. The van der Waals surface area contributed by atoms with E-state index in [1.54, 1.807) is 13.4 Å². The molecule has 4 rings (SSSR count). The van der Waals surface area contributed by atoms with E-state index >= 15 is 0 Å². The van der Waals surface area contributed by atoms with Crippen LogP contribution in [0.1, 0.15) is 19.3 Å². The predicted molar refractivity (Wildman–Crippen MR) is 99.0 cm³/mol. The maximum absolute atomic E-state index is 12.1. The van der Waals surface area contributed by atoms with Crippen molar-refractivity contribution in [3.63, 3.8) is 0 Å². The van der Waals surface area contributed by atoms with Gasteiger partial charge in [-0.15, -0.1) is 0 Å². The number of anilines is 1. The average molecular weight is 354 g/mol. The number of furan rings is 1. The fourth-order valence-corrected chi connectivity index (χ4v) is 3.44. The molecule has 0 aliphatic carbocycles. The summed E-state index contributed by atoms with van der Waals surface area (Å²) in [6.07, 6.45) is 3.77. The zero-order valence-electron chi connectivity index (χ0n) is 14.8. The van der Waals surface area contributed by atoms with Crippen LogP contribution in [0.2, 0.25) is 0 Å². The van der Waals surface area contributed by atoms with Crippen molar-refractivity contribution in [1.82, 2.24) is 14.9 Å². The van der Waals surface area contributed by atoms with Gasteiger partial charge in [0.25, 0.3) is 0 Å². The Morgan fingerprint density at radius 2 is 2.12 bits per heavy atom. The minimum Gasteiger partial charge on any atom is -0.450 e. The fourth-order valence-electron chi connectivity index (χ4n) is 3.44. The lowest BCUT2D eigenvalue weighted by Crippen LogP contribution is -2.42. The summed E-state index contributed by atoms with van der Waals surface area (Å²) >= 11 is 0. The van der Waals surface area contributed by atoms with Gasteiger partial charge in [-0.05, 0) is 25.0 Å². The van der Waals surface area contributed by atoms with Crippen LogP contribution < -0.4 is 5.32 Å². The number of carbonyl (C=O) groups is 1. The molecule has 0 bridgehead atoms. The Kier molecular flexibility index (Phi) is 4.71. The number of ether oxygens (including phenoxy) is 1. The van der Waals surface area contributed by atoms with Crippen LogP contribution in [0.25, 0.3) is 22.1 Å². The van der Waals surface area contributed by atoms with E-state index in [4.69, 9.17) is 9.15 Å². The number of fused-ring (bicyclic) bond motifs is 3. The Morgan fingerprint density at radius 1 is 1.31 bits per heavy atom. The van der Waals surface area contributed by atoms with Gasteiger partial charge in [-0.25, -0.2) is 9.97 Å². The van der Waals surface area contributed by atoms with Gasteiger partial charge in [-0.3, -0.25) is 4.79 Å². The van der Waals surface area contributed by atoms with Crippen molar-refractivity contribution < 1.29 is 13.9 Å². The van der Waals surface area contributed by atoms with Gasteiger partial charge in [0.2, 0.25) is 5.91 Å². The highest BCUT2D eigenvalue weighted by Crippen LogP contribution is 2.31. The van der Waals surface area contributed by atoms with Crippen LogP contribution in [0.15, 0.2) is 35.0 Å². The molecule has 0 radical (unpaired) electrons. The molecule has 1 N–H and O–H groups in total. The van der Waals surface area contributed by atoms with Gasteiger partial charge < -0.3 is 19.4 Å². The molecule has 0 unspecified atom stereocenters. The summed E-state index contributed by atoms with van der Waals surface area (Å²) in [4.78, 5) is 22.8. The number of aromatic nitrogens is 2. The highest BCUT2D eigenvalue weighted by Gasteiger charge is 2.24. The number of amides is 1. The first-order valence-electron chi connectivity index (χ1n) is 8.92. The quantitative estimate of drug-likeness (QED) is 0.759. The van der Waals surface area contributed by atoms with Crippen molar-refractivity contribution >= 4 is 33.8 Å². The van der Waals surface area contributed by atoms with Crippen molar-refractivity contribution in [2.24, 2.45) is 0 Å². The van der Waals surface area contributed by atoms with Crippen LogP contribution in [-0.4, -0.2) is 53.6 Å². The molecule has 1 aromatic carbocycles. The van der Waals surface area contributed by atoms with E-state index < -0.39 is 0 Å². The normalized spacial score (nSPS) is 15.7. The van der Waals surface area contributed by atoms with Crippen molar-refractivity contribution in [3.8, 4) is 0 Å². The molecule has 26 heavy (non-hydrogen) atoms. The number of methoxy groups -OCH3 is 1. The van der Waals surface area contributed by atoms with Gasteiger partial charge in [0.05, 0.1) is 13.0 Å². The summed E-state index contributed by atoms with van der Waals surface area (Å²) in [6, 6.07) is 8.12. The number of nitrogens with zero attached hydrogens (tertiary/aromatic N) is 3. The molecule has 1 fully saturated rings. The lowest BCUT2D eigenvalue weighted by Gasteiger charge is -2.32. The van der Waals surface area contributed by atoms with E-state index in [0.29, 0.717) is 18.6 Å². The maximum atomic E-state index is 12.1. The van der Waals surface area contributed by atoms with Crippen molar-refractivity contribution in [1.29, 1.82) is 0 Å². The molecule has 7 heteroatoms. The maximum Gasteiger partial charge on any atom is 0.224 e. The highest BCUT2D eigenvalue weighted by atomic mass is 16.5. The number of piperidine rings is 1. The van der Waals surface area contributed by atoms with Crippen LogP contribution >= 0.6 is 0 Å². The molecular weight excluding hydrogens is 332 g/mol. The molecule has 1 amide bonds. The number of likely N-dealkylation sites (tertiary alicyclic amines) is 1. The molecule has 2 aromatic heterocycles. The smallest absolute Gasteiger partial charge is 0.224 e. The zero-order chi connectivity index (χ0) is 17.9. The van der Waals surface area contributed by atoms with Crippen LogP contribution in [0.4, 0.5) is 5.82 Å². The summed E-state index contributed by atoms with van der Waals surface area (Å²) < 4.78 is 10.9. The molecule has 3 aromatic rings. The van der Waals surface area contributed by atoms with Gasteiger partial charge in [0.15, 0.2) is 11.4 Å². The van der Waals surface area contributed by atoms with Crippen LogP contribution in [-0.2, 0) is 9.53 Å². The molecule has 7 nitrogen and oxygen atoms in total. The summed E-state index contributed by atoms with van der Waals surface area (Å²) in [6.45, 7) is 1.96. The second-order valence-electron chi connectivity index (χ2n) is 6.54. The summed E-state index contributed by atoms with van der Waals surface area (Å²) in [5.41, 5.74) is 2.32. The Hall–Kier alpha value is -2.67. The fraction of sp³-hybridized carbons (Fsp3) is 0.421. The molecular formula is C19H22N4O3. The predicted octanol–water partition coefficient (Wildman–Crippen LogP) is 2.82. The van der Waals surface area contributed by atoms with Crippen LogP contribution in [0, 0.1) is 0 Å². The third-order valence-electron chi connectivity index (χ3n) is 4.87. The molecule has 1 aliphatic rings. The number of hydrogen-bond acceptors (Lipinski definition) is 6. The average Bonchev–Trinajstić information content (AvgIpc) is 3.06. The zero-order valence-corrected chi connectivity index (χ0v) is 14.8. The minimum absolute atomic E-state index is 0.159. The van der Waals surface area contributed by atoms with E-state index in [0.717, 1.165) is 48.2 Å². The highest BCUT2D eigenvalue weighted by molar-refractivity contribution is 6.05. The van der Waals surface area contributed by atoms with Gasteiger partial charge in [-0.2, -0.15) is 0 Å². The molecule has 136 valence electrons. The number of para-hydroxylation sites is 1. The SMILES string of the molecule is COCCC(=O)N1CCC(Nc2ncnc3c2oc2ccccc23)CC1. The van der Waals surface area contributed by atoms with Gasteiger partial charge in [0, 0.05) is 31.6 Å². The first-order chi connectivity index (χ1) is 12.8. The Balaban J connectivity index is 1.46. The standard InChI is InChI=1S/C19H22N4O3/c1-25-11-8-16(24)23-9-6-13(7-10-23)22-19-18-17(20-12-21-19)14-4-2-3-5-15(14)26-18/h2-5,12-13H,6-11H2,1H3,(H,20,21,22).